The van der Waals surface area contributed by atoms with Crippen LogP contribution in [0.5, 0.6) is 0 Å². The first-order valence-electron chi connectivity index (χ1n) is 7.77. The van der Waals surface area contributed by atoms with Crippen LogP contribution in [0.1, 0.15) is 48.9 Å². The van der Waals surface area contributed by atoms with Crippen molar-refractivity contribution < 1.29 is 4.79 Å². The van der Waals surface area contributed by atoms with Crippen LogP contribution in [0.3, 0.4) is 0 Å². The molecule has 2 N–H and O–H groups in total. The molecule has 0 bridgehead atoms. The molecule has 1 aromatic heterocycles. The number of amides is 2. The van der Waals surface area contributed by atoms with E-state index in [0.29, 0.717) is 11.3 Å². The van der Waals surface area contributed by atoms with Crippen molar-refractivity contribution in [1.82, 2.24) is 9.99 Å². The highest BCUT2D eigenvalue weighted by atomic mass is 32.2. The molecule has 0 saturated heterocycles. The van der Waals surface area contributed by atoms with Gasteiger partial charge in [-0.1, -0.05) is 19.3 Å². The van der Waals surface area contributed by atoms with Crippen molar-refractivity contribution in [3.05, 3.63) is 27.2 Å². The van der Waals surface area contributed by atoms with Crippen molar-refractivity contribution in [3.63, 3.8) is 0 Å². The van der Waals surface area contributed by atoms with Gasteiger partial charge in [0, 0.05) is 10.9 Å². The normalized spacial score (nSPS) is 15.0. The highest BCUT2D eigenvalue weighted by Crippen LogP contribution is 2.24. The highest BCUT2D eigenvalue weighted by molar-refractivity contribution is 7.98. The third-order valence-electron chi connectivity index (χ3n) is 4.27. The van der Waals surface area contributed by atoms with Gasteiger partial charge < -0.3 is 5.32 Å². The van der Waals surface area contributed by atoms with E-state index in [1.807, 2.05) is 12.3 Å². The van der Waals surface area contributed by atoms with E-state index in [1.165, 1.54) is 22.9 Å². The van der Waals surface area contributed by atoms with Crippen molar-refractivity contribution in [2.75, 3.05) is 11.7 Å². The van der Waals surface area contributed by atoms with E-state index >= 15 is 0 Å². The molecule has 1 aromatic rings. The van der Waals surface area contributed by atoms with Gasteiger partial charge in [-0.05, 0) is 38.5 Å². The lowest BCUT2D eigenvalue weighted by molar-refractivity contribution is 0.241. The first kappa shape index (κ1) is 17.4. The maximum absolute atomic E-state index is 12.4. The molecule has 1 aliphatic carbocycles. The molecule has 0 unspecified atom stereocenters. The number of carbonyl (C=O) groups is 1. The van der Waals surface area contributed by atoms with E-state index in [0.717, 1.165) is 30.6 Å². The lowest BCUT2D eigenvalue weighted by Gasteiger charge is -2.24. The van der Waals surface area contributed by atoms with E-state index in [4.69, 9.17) is 0 Å². The van der Waals surface area contributed by atoms with Crippen molar-refractivity contribution in [2.24, 2.45) is 0 Å². The predicted molar refractivity (Wildman–Crippen MR) is 91.4 cm³/mol. The van der Waals surface area contributed by atoms with Crippen molar-refractivity contribution >= 4 is 17.8 Å². The Hall–Kier alpha value is -1.94. The van der Waals surface area contributed by atoms with Crippen LogP contribution in [0.15, 0.2) is 9.69 Å². The molecule has 0 aliphatic heterocycles. The average molecular weight is 334 g/mol. The zero-order valence-corrected chi connectivity index (χ0v) is 14.5. The molecule has 23 heavy (non-hydrogen) atoms. The molecule has 1 fully saturated rings. The molecule has 2 rings (SSSR count). The number of nitriles is 1. The van der Waals surface area contributed by atoms with E-state index in [2.05, 4.69) is 10.7 Å². The predicted octanol–water partition coefficient (Wildman–Crippen LogP) is 2.64. The zero-order chi connectivity index (χ0) is 17.0. The summed E-state index contributed by atoms with van der Waals surface area (Å²) in [6, 6.07) is 1.69. The average Bonchev–Trinajstić information content (AvgIpc) is 2.53. The molecule has 2 amide bonds. The van der Waals surface area contributed by atoms with Gasteiger partial charge in [-0.15, -0.1) is 11.8 Å². The monoisotopic (exact) mass is 334 g/mol. The Kier molecular flexibility index (Phi) is 5.72. The van der Waals surface area contributed by atoms with Crippen LogP contribution in [0, 0.1) is 25.2 Å². The van der Waals surface area contributed by atoms with Gasteiger partial charge in [0.2, 0.25) is 0 Å². The number of urea groups is 1. The topological polar surface area (TPSA) is 86.9 Å². The SMILES string of the molecule is CSc1c(C)c(C#N)c(=O)n(NC(=O)NC2CCCCC2)c1C. The minimum absolute atomic E-state index is 0.0675. The summed E-state index contributed by atoms with van der Waals surface area (Å²) in [5, 5.41) is 12.1. The quantitative estimate of drug-likeness (QED) is 0.832. The fourth-order valence-electron chi connectivity index (χ4n) is 3.04. The Morgan fingerprint density at radius 1 is 1.30 bits per heavy atom. The zero-order valence-electron chi connectivity index (χ0n) is 13.7. The van der Waals surface area contributed by atoms with Crippen LogP contribution in [-0.2, 0) is 0 Å². The number of carbonyl (C=O) groups excluding carboxylic acids is 1. The van der Waals surface area contributed by atoms with Gasteiger partial charge in [-0.25, -0.2) is 14.9 Å². The summed E-state index contributed by atoms with van der Waals surface area (Å²) in [5.74, 6) is 0. The van der Waals surface area contributed by atoms with Gasteiger partial charge in [0.05, 0.1) is 5.69 Å². The van der Waals surface area contributed by atoms with E-state index in [1.54, 1.807) is 13.8 Å². The third kappa shape index (κ3) is 3.70. The second kappa shape index (κ2) is 7.55. The molecule has 0 aromatic carbocycles. The van der Waals surface area contributed by atoms with E-state index in [9.17, 15) is 14.9 Å². The molecule has 7 heteroatoms. The van der Waals surface area contributed by atoms with Crippen LogP contribution in [-0.4, -0.2) is 23.0 Å². The Bertz CT molecular complexity index is 700. The minimum atomic E-state index is -0.487. The molecular formula is C16H22N4O2S. The first-order valence-corrected chi connectivity index (χ1v) is 8.99. The number of rotatable bonds is 3. The molecule has 6 nitrogen and oxygen atoms in total. The summed E-state index contributed by atoms with van der Waals surface area (Å²) in [4.78, 5) is 25.5. The number of aromatic nitrogens is 1. The van der Waals surface area contributed by atoms with Crippen molar-refractivity contribution in [3.8, 4) is 6.07 Å². The van der Waals surface area contributed by atoms with Gasteiger partial charge >= 0.3 is 6.03 Å². The maximum atomic E-state index is 12.4. The largest absolute Gasteiger partial charge is 0.334 e. The Labute approximate surface area is 140 Å². The van der Waals surface area contributed by atoms with Gasteiger partial charge in [-0.2, -0.15) is 5.26 Å². The van der Waals surface area contributed by atoms with Crippen LogP contribution in [0.25, 0.3) is 0 Å². The number of thioether (sulfide) groups is 1. The first-order chi connectivity index (χ1) is 11.0. The second-order valence-electron chi connectivity index (χ2n) is 5.79. The highest BCUT2D eigenvalue weighted by Gasteiger charge is 2.19. The van der Waals surface area contributed by atoms with Crippen LogP contribution in [0.2, 0.25) is 0 Å². The van der Waals surface area contributed by atoms with Gasteiger partial charge in [-0.3, -0.25) is 4.79 Å². The van der Waals surface area contributed by atoms with Crippen LogP contribution < -0.4 is 16.3 Å². The number of hydrogen-bond donors (Lipinski definition) is 2. The van der Waals surface area contributed by atoms with Crippen LogP contribution in [0.4, 0.5) is 4.79 Å². The number of nitrogens with one attached hydrogen (secondary N) is 2. The van der Waals surface area contributed by atoms with Crippen LogP contribution >= 0.6 is 11.8 Å². The van der Waals surface area contributed by atoms with Gasteiger partial charge in [0.25, 0.3) is 5.56 Å². The number of nitrogens with zero attached hydrogens (tertiary/aromatic N) is 2. The Balaban J connectivity index is 2.27. The van der Waals surface area contributed by atoms with Crippen molar-refractivity contribution in [2.45, 2.75) is 56.9 Å². The summed E-state index contributed by atoms with van der Waals surface area (Å²) >= 11 is 1.45. The third-order valence-corrected chi connectivity index (χ3v) is 5.28. The minimum Gasteiger partial charge on any atom is -0.334 e. The standard InChI is InChI=1S/C16H22N4O2S/c1-10-13(9-17)15(21)20(11(2)14(10)23-3)19-16(22)18-12-7-5-4-6-8-12/h12H,4-8H2,1-3H3,(H2,18,19,22). The van der Waals surface area contributed by atoms with Gasteiger partial charge in [0.15, 0.2) is 0 Å². The summed E-state index contributed by atoms with van der Waals surface area (Å²) < 4.78 is 1.18. The van der Waals surface area contributed by atoms with E-state index in [-0.39, 0.29) is 11.6 Å². The second-order valence-corrected chi connectivity index (χ2v) is 6.61. The molecule has 0 radical (unpaired) electrons. The molecular weight excluding hydrogens is 312 g/mol. The molecule has 0 atom stereocenters. The summed E-state index contributed by atoms with van der Waals surface area (Å²) in [6.45, 7) is 3.52. The maximum Gasteiger partial charge on any atom is 0.334 e. The van der Waals surface area contributed by atoms with E-state index < -0.39 is 11.6 Å². The number of hydrogen-bond acceptors (Lipinski definition) is 4. The summed E-state index contributed by atoms with van der Waals surface area (Å²) in [6.07, 6.45) is 7.25. The smallest absolute Gasteiger partial charge is 0.334 e. The fourth-order valence-corrected chi connectivity index (χ4v) is 3.84. The molecule has 1 aliphatic rings. The fraction of sp³-hybridized carbons (Fsp3) is 0.562. The van der Waals surface area contributed by atoms with Gasteiger partial charge in [0.1, 0.15) is 11.6 Å². The summed E-state index contributed by atoms with van der Waals surface area (Å²) in [5.41, 5.74) is 3.47. The molecule has 1 saturated carbocycles. The lowest BCUT2D eigenvalue weighted by Crippen LogP contribution is -2.45. The number of pyridine rings is 1. The summed E-state index contributed by atoms with van der Waals surface area (Å²) in [7, 11) is 0. The molecule has 0 spiro atoms. The van der Waals surface area contributed by atoms with Crippen molar-refractivity contribution in [1.29, 1.82) is 5.26 Å². The molecule has 1 heterocycles. The Morgan fingerprint density at radius 3 is 2.52 bits per heavy atom. The lowest BCUT2D eigenvalue weighted by atomic mass is 9.96. The molecule has 124 valence electrons. The Morgan fingerprint density at radius 2 is 1.96 bits per heavy atom.